The van der Waals surface area contributed by atoms with Gasteiger partial charge in [0, 0.05) is 18.0 Å². The van der Waals surface area contributed by atoms with E-state index < -0.39 is 10.0 Å². The van der Waals surface area contributed by atoms with Gasteiger partial charge in [-0.2, -0.15) is 0 Å². The summed E-state index contributed by atoms with van der Waals surface area (Å²) in [6.45, 7) is 0.601. The molecule has 2 rings (SSSR count). The van der Waals surface area contributed by atoms with Crippen LogP contribution >= 0.6 is 23.2 Å². The number of sulfonamides is 1. The number of halogens is 2. The van der Waals surface area contributed by atoms with Crippen molar-refractivity contribution >= 4 is 39.1 Å². The number of hydrogen-bond acceptors (Lipinski definition) is 4. The summed E-state index contributed by atoms with van der Waals surface area (Å²) in [6, 6.07) is 12.1. The normalized spacial score (nSPS) is 11.2. The molecular weight excluding hydrogens is 423 g/mol. The van der Waals surface area contributed by atoms with Gasteiger partial charge in [0.2, 0.25) is 15.9 Å². The summed E-state index contributed by atoms with van der Waals surface area (Å²) < 4.78 is 31.4. The number of carbonyl (C=O) groups excluding carboxylic acids is 1. The van der Waals surface area contributed by atoms with Gasteiger partial charge in [0.25, 0.3) is 0 Å². The summed E-state index contributed by atoms with van der Waals surface area (Å²) in [4.78, 5) is 12.1. The maximum atomic E-state index is 12.1. The molecule has 0 bridgehead atoms. The molecule has 0 spiro atoms. The zero-order valence-electron chi connectivity index (χ0n) is 15.4. The van der Waals surface area contributed by atoms with Crippen molar-refractivity contribution in [2.75, 3.05) is 13.7 Å². The molecule has 0 atom stereocenters. The average molecular weight is 445 g/mol. The van der Waals surface area contributed by atoms with Crippen LogP contribution in [0.25, 0.3) is 0 Å². The molecule has 0 aromatic heterocycles. The summed E-state index contributed by atoms with van der Waals surface area (Å²) >= 11 is 11.9. The predicted octanol–water partition coefficient (Wildman–Crippen LogP) is 3.52. The van der Waals surface area contributed by atoms with Crippen LogP contribution in [-0.2, 0) is 27.1 Å². The highest BCUT2D eigenvalue weighted by Crippen LogP contribution is 2.27. The second-order valence-electron chi connectivity index (χ2n) is 6.04. The van der Waals surface area contributed by atoms with Crippen molar-refractivity contribution in [3.05, 3.63) is 63.6 Å². The van der Waals surface area contributed by atoms with Crippen molar-refractivity contribution in [2.24, 2.45) is 0 Å². The van der Waals surface area contributed by atoms with Crippen LogP contribution in [0, 0.1) is 0 Å². The van der Waals surface area contributed by atoms with E-state index in [9.17, 15) is 13.2 Å². The number of nitrogens with one attached hydrogen (secondary N) is 2. The predicted molar refractivity (Wildman–Crippen MR) is 111 cm³/mol. The fourth-order valence-corrected chi connectivity index (χ4v) is 3.74. The van der Waals surface area contributed by atoms with Crippen LogP contribution in [0.15, 0.2) is 42.5 Å². The minimum Gasteiger partial charge on any atom is -0.492 e. The van der Waals surface area contributed by atoms with Gasteiger partial charge in [-0.05, 0) is 42.8 Å². The Morgan fingerprint density at radius 1 is 1.11 bits per heavy atom. The quantitative estimate of drug-likeness (QED) is 0.549. The average Bonchev–Trinajstić information content (AvgIpc) is 2.65. The van der Waals surface area contributed by atoms with E-state index in [0.29, 0.717) is 34.4 Å². The third-order valence-electron chi connectivity index (χ3n) is 3.95. The molecular formula is C19H22Cl2N2O4S. The number of hydrogen-bond donors (Lipinski definition) is 2. The van der Waals surface area contributed by atoms with E-state index in [1.54, 1.807) is 42.5 Å². The number of ether oxygens (including phenoxy) is 1. The third-order valence-corrected chi connectivity index (χ3v) is 5.79. The Labute approximate surface area is 175 Å². The standard InChI is InChI=1S/C19H22Cl2N2O4S/c1-22-28(25,26)13-15-6-3-2-5-14(15)12-23-19(24)7-4-10-27-18-9-8-16(20)11-17(18)21/h2-3,5-6,8-9,11,22H,4,7,10,12-13H2,1H3,(H,23,24). The highest BCUT2D eigenvalue weighted by atomic mass is 35.5. The molecule has 0 aliphatic rings. The summed E-state index contributed by atoms with van der Waals surface area (Å²) in [5.41, 5.74) is 1.41. The SMILES string of the molecule is CNS(=O)(=O)Cc1ccccc1CNC(=O)CCCOc1ccc(Cl)cc1Cl. The first-order valence-corrected chi connectivity index (χ1v) is 11.0. The van der Waals surface area contributed by atoms with Gasteiger partial charge in [0.15, 0.2) is 0 Å². The molecule has 1 amide bonds. The molecule has 2 aromatic carbocycles. The second kappa shape index (κ2) is 10.7. The Morgan fingerprint density at radius 3 is 2.50 bits per heavy atom. The molecule has 28 heavy (non-hydrogen) atoms. The van der Waals surface area contributed by atoms with E-state index in [1.807, 2.05) is 0 Å². The van der Waals surface area contributed by atoms with Crippen LogP contribution in [-0.4, -0.2) is 28.0 Å². The highest BCUT2D eigenvalue weighted by molar-refractivity contribution is 7.88. The fraction of sp³-hybridized carbons (Fsp3) is 0.316. The van der Waals surface area contributed by atoms with Crippen molar-refractivity contribution in [1.29, 1.82) is 0 Å². The van der Waals surface area contributed by atoms with Crippen molar-refractivity contribution < 1.29 is 17.9 Å². The number of carbonyl (C=O) groups is 1. The first kappa shape index (κ1) is 22.5. The number of amides is 1. The fourth-order valence-electron chi connectivity index (χ4n) is 2.44. The van der Waals surface area contributed by atoms with E-state index in [-0.39, 0.29) is 24.6 Å². The lowest BCUT2D eigenvalue weighted by atomic mass is 10.1. The molecule has 0 unspecified atom stereocenters. The van der Waals surface area contributed by atoms with Crippen LogP contribution in [0.5, 0.6) is 5.75 Å². The van der Waals surface area contributed by atoms with Gasteiger partial charge in [-0.1, -0.05) is 47.5 Å². The third kappa shape index (κ3) is 7.31. The molecule has 0 saturated carbocycles. The van der Waals surface area contributed by atoms with Gasteiger partial charge in [-0.15, -0.1) is 0 Å². The maximum absolute atomic E-state index is 12.1. The van der Waals surface area contributed by atoms with Crippen LogP contribution in [0.4, 0.5) is 0 Å². The lowest BCUT2D eigenvalue weighted by Gasteiger charge is -2.11. The Bertz CT molecular complexity index is 920. The lowest BCUT2D eigenvalue weighted by Crippen LogP contribution is -2.25. The van der Waals surface area contributed by atoms with E-state index in [2.05, 4.69) is 10.0 Å². The monoisotopic (exact) mass is 444 g/mol. The molecule has 152 valence electrons. The summed E-state index contributed by atoms with van der Waals surface area (Å²) in [6.07, 6.45) is 0.794. The molecule has 9 heteroatoms. The maximum Gasteiger partial charge on any atom is 0.220 e. The molecule has 6 nitrogen and oxygen atoms in total. The molecule has 0 fully saturated rings. The van der Waals surface area contributed by atoms with Gasteiger partial charge < -0.3 is 10.1 Å². The first-order chi connectivity index (χ1) is 13.3. The molecule has 0 aliphatic heterocycles. The highest BCUT2D eigenvalue weighted by Gasteiger charge is 2.12. The summed E-state index contributed by atoms with van der Waals surface area (Å²) in [7, 11) is -2.01. The summed E-state index contributed by atoms with van der Waals surface area (Å²) in [5, 5.41) is 3.76. The van der Waals surface area contributed by atoms with Crippen molar-refractivity contribution in [1.82, 2.24) is 10.0 Å². The Balaban J connectivity index is 1.78. The first-order valence-electron chi connectivity index (χ1n) is 8.63. The smallest absolute Gasteiger partial charge is 0.220 e. The van der Waals surface area contributed by atoms with E-state index in [1.165, 1.54) is 7.05 Å². The van der Waals surface area contributed by atoms with Gasteiger partial charge in [-0.25, -0.2) is 13.1 Å². The van der Waals surface area contributed by atoms with Gasteiger partial charge in [-0.3, -0.25) is 4.79 Å². The van der Waals surface area contributed by atoms with Crippen LogP contribution in [0.2, 0.25) is 10.0 Å². The molecule has 0 radical (unpaired) electrons. The van der Waals surface area contributed by atoms with Crippen LogP contribution in [0.1, 0.15) is 24.0 Å². The second-order valence-corrected chi connectivity index (χ2v) is 8.81. The van der Waals surface area contributed by atoms with Gasteiger partial charge >= 0.3 is 0 Å². The minimum atomic E-state index is -3.38. The van der Waals surface area contributed by atoms with Crippen LogP contribution < -0.4 is 14.8 Å². The Hall–Kier alpha value is -1.80. The lowest BCUT2D eigenvalue weighted by molar-refractivity contribution is -0.121. The van der Waals surface area contributed by atoms with E-state index in [4.69, 9.17) is 27.9 Å². The van der Waals surface area contributed by atoms with Gasteiger partial charge in [0.05, 0.1) is 17.4 Å². The Kier molecular flexibility index (Phi) is 8.57. The molecule has 0 heterocycles. The minimum absolute atomic E-state index is 0.134. The zero-order valence-corrected chi connectivity index (χ0v) is 17.7. The number of benzene rings is 2. The van der Waals surface area contributed by atoms with Crippen molar-refractivity contribution in [3.63, 3.8) is 0 Å². The van der Waals surface area contributed by atoms with Gasteiger partial charge in [0.1, 0.15) is 5.75 Å². The molecule has 0 aliphatic carbocycles. The van der Waals surface area contributed by atoms with E-state index >= 15 is 0 Å². The topological polar surface area (TPSA) is 84.5 Å². The largest absolute Gasteiger partial charge is 0.492 e. The zero-order chi connectivity index (χ0) is 20.6. The van der Waals surface area contributed by atoms with Crippen molar-refractivity contribution in [3.8, 4) is 5.75 Å². The van der Waals surface area contributed by atoms with Crippen LogP contribution in [0.3, 0.4) is 0 Å². The molecule has 0 saturated heterocycles. The van der Waals surface area contributed by atoms with Crippen molar-refractivity contribution in [2.45, 2.75) is 25.1 Å². The number of rotatable bonds is 10. The molecule has 2 aromatic rings. The Morgan fingerprint density at radius 2 is 1.82 bits per heavy atom. The molecule has 2 N–H and O–H groups in total. The van der Waals surface area contributed by atoms with E-state index in [0.717, 1.165) is 5.56 Å². The summed E-state index contributed by atoms with van der Waals surface area (Å²) in [5.74, 6) is 0.244.